The summed E-state index contributed by atoms with van der Waals surface area (Å²) < 4.78 is 90.4. The van der Waals surface area contributed by atoms with Crippen LogP contribution in [0.4, 0.5) is 26.3 Å². The van der Waals surface area contributed by atoms with Crippen molar-refractivity contribution in [3.63, 3.8) is 0 Å². The van der Waals surface area contributed by atoms with Gasteiger partial charge >= 0.3 is 24.3 Å². The third-order valence-corrected chi connectivity index (χ3v) is 4.43. The van der Waals surface area contributed by atoms with E-state index in [1.165, 1.54) is 13.8 Å². The number of alkyl halides is 6. The van der Waals surface area contributed by atoms with E-state index < -0.39 is 53.1 Å². The molecule has 0 amide bonds. The molecule has 1 aliphatic carbocycles. The van der Waals surface area contributed by atoms with Crippen molar-refractivity contribution < 1.29 is 45.4 Å². The first-order valence-electron chi connectivity index (χ1n) is 8.72. The summed E-state index contributed by atoms with van der Waals surface area (Å²) in [6.07, 6.45) is -9.67. The second kappa shape index (κ2) is 8.12. The zero-order chi connectivity index (χ0) is 21.3. The number of hydrogen-bond donors (Lipinski definition) is 0. The Balaban J connectivity index is 2.72. The molecule has 1 saturated carbocycles. The van der Waals surface area contributed by atoms with Crippen LogP contribution in [0.1, 0.15) is 33.1 Å². The fraction of sp³-hybridized carbons (Fsp3) is 0.706. The second-order valence-electron chi connectivity index (χ2n) is 6.49. The van der Waals surface area contributed by atoms with Gasteiger partial charge in [0.25, 0.3) is 0 Å². The number of allylic oxidation sites excluding steroid dienone is 1. The molecule has 0 aromatic rings. The molecule has 0 bridgehead atoms. The Hall–Kier alpha value is -2.07. The Labute approximate surface area is 156 Å². The van der Waals surface area contributed by atoms with E-state index in [4.69, 9.17) is 0 Å². The molecule has 1 heterocycles. The van der Waals surface area contributed by atoms with Gasteiger partial charge in [0.05, 0.1) is 18.8 Å². The lowest BCUT2D eigenvalue weighted by molar-refractivity contribution is -0.150. The van der Waals surface area contributed by atoms with Gasteiger partial charge in [-0.15, -0.1) is 0 Å². The van der Waals surface area contributed by atoms with Crippen LogP contribution in [0.3, 0.4) is 0 Å². The van der Waals surface area contributed by atoms with E-state index in [0.717, 1.165) is 0 Å². The summed E-state index contributed by atoms with van der Waals surface area (Å²) in [4.78, 5) is 27.3. The Morgan fingerprint density at radius 3 is 2.00 bits per heavy atom. The standard InChI is InChI=1S/C17H19F6NO4/c1-3-27-14(25)10-9(7-8-5-6-8)11(15(26)28-4-2)13(17(21,22)23)24-12(10)16(18,19)20/h8-10H,3-7H2,1-2H3. The van der Waals surface area contributed by atoms with Gasteiger partial charge in [-0.3, -0.25) is 4.79 Å². The molecule has 1 fully saturated rings. The number of carbonyl (C=O) groups excluding carboxylic acids is 2. The first-order valence-corrected chi connectivity index (χ1v) is 8.72. The number of hydrogen-bond acceptors (Lipinski definition) is 5. The largest absolute Gasteiger partial charge is 0.465 e. The number of nitrogens with zero attached hydrogens (tertiary/aromatic N) is 1. The molecule has 5 nitrogen and oxygen atoms in total. The predicted octanol–water partition coefficient (Wildman–Crippen LogP) is 3.98. The van der Waals surface area contributed by atoms with Gasteiger partial charge in [0.2, 0.25) is 0 Å². The van der Waals surface area contributed by atoms with Crippen LogP contribution in [0.2, 0.25) is 0 Å². The van der Waals surface area contributed by atoms with Gasteiger partial charge in [-0.05, 0) is 26.2 Å². The number of esters is 2. The van der Waals surface area contributed by atoms with E-state index in [0.29, 0.717) is 12.8 Å². The minimum atomic E-state index is -5.33. The highest BCUT2D eigenvalue weighted by Gasteiger charge is 2.56. The maximum Gasteiger partial charge on any atom is 0.433 e. The van der Waals surface area contributed by atoms with Crippen molar-refractivity contribution >= 4 is 17.7 Å². The van der Waals surface area contributed by atoms with E-state index in [-0.39, 0.29) is 25.6 Å². The van der Waals surface area contributed by atoms with Gasteiger partial charge in [-0.25, -0.2) is 9.79 Å². The second-order valence-corrected chi connectivity index (χ2v) is 6.49. The molecule has 0 spiro atoms. The smallest absolute Gasteiger partial charge is 0.433 e. The van der Waals surface area contributed by atoms with Crippen LogP contribution >= 0.6 is 0 Å². The highest BCUT2D eigenvalue weighted by atomic mass is 19.4. The molecule has 0 aromatic carbocycles. The first kappa shape index (κ1) is 22.2. The van der Waals surface area contributed by atoms with Crippen molar-refractivity contribution in [1.29, 1.82) is 0 Å². The molecular weight excluding hydrogens is 396 g/mol. The van der Waals surface area contributed by atoms with E-state index in [1.807, 2.05) is 0 Å². The van der Waals surface area contributed by atoms with Crippen molar-refractivity contribution in [2.75, 3.05) is 13.2 Å². The molecule has 0 saturated heterocycles. The average Bonchev–Trinajstić information content (AvgIpc) is 3.36. The number of rotatable bonds is 6. The summed E-state index contributed by atoms with van der Waals surface area (Å²) in [7, 11) is 0. The molecular formula is C17H19F6NO4. The molecule has 11 heteroatoms. The van der Waals surface area contributed by atoms with Crippen molar-refractivity contribution in [2.45, 2.75) is 45.5 Å². The average molecular weight is 415 g/mol. The van der Waals surface area contributed by atoms with Crippen LogP contribution in [0.5, 0.6) is 0 Å². The molecule has 2 unspecified atom stereocenters. The topological polar surface area (TPSA) is 65.0 Å². The number of ether oxygens (including phenoxy) is 2. The van der Waals surface area contributed by atoms with Crippen LogP contribution in [0, 0.1) is 17.8 Å². The summed E-state index contributed by atoms with van der Waals surface area (Å²) in [6.45, 7) is 2.13. The van der Waals surface area contributed by atoms with Crippen LogP contribution in [0.25, 0.3) is 0 Å². The first-order chi connectivity index (χ1) is 12.9. The quantitative estimate of drug-likeness (QED) is 0.486. The van der Waals surface area contributed by atoms with Crippen molar-refractivity contribution in [1.82, 2.24) is 0 Å². The molecule has 0 aromatic heterocycles. The van der Waals surface area contributed by atoms with E-state index >= 15 is 0 Å². The summed E-state index contributed by atoms with van der Waals surface area (Å²) in [5, 5.41) is 0. The maximum absolute atomic E-state index is 13.5. The van der Waals surface area contributed by atoms with Crippen LogP contribution in [0.15, 0.2) is 16.3 Å². The normalized spacial score (nSPS) is 23.4. The lowest BCUT2D eigenvalue weighted by atomic mass is 9.76. The predicted molar refractivity (Wildman–Crippen MR) is 84.2 cm³/mol. The van der Waals surface area contributed by atoms with Crippen LogP contribution in [-0.2, 0) is 19.1 Å². The van der Waals surface area contributed by atoms with Crippen molar-refractivity contribution in [3.8, 4) is 0 Å². The number of carbonyl (C=O) groups is 2. The molecule has 0 N–H and O–H groups in total. The SMILES string of the molecule is CCOC(=O)C1=C(C(F)(F)F)N=C(C(F)(F)F)C(C(=O)OCC)C1CC1CC1. The van der Waals surface area contributed by atoms with E-state index in [1.54, 1.807) is 0 Å². The Bertz CT molecular complexity index is 691. The molecule has 2 atom stereocenters. The summed E-state index contributed by atoms with van der Waals surface area (Å²) in [5.41, 5.74) is -4.92. The minimum Gasteiger partial charge on any atom is -0.465 e. The Kier molecular flexibility index (Phi) is 6.44. The van der Waals surface area contributed by atoms with Gasteiger partial charge in [0.1, 0.15) is 11.6 Å². The van der Waals surface area contributed by atoms with Crippen molar-refractivity contribution in [3.05, 3.63) is 11.3 Å². The van der Waals surface area contributed by atoms with E-state index in [2.05, 4.69) is 14.5 Å². The Morgan fingerprint density at radius 1 is 1.00 bits per heavy atom. The highest BCUT2D eigenvalue weighted by Crippen LogP contribution is 2.48. The fourth-order valence-corrected chi connectivity index (χ4v) is 3.17. The molecule has 1 aliphatic heterocycles. The molecule has 28 heavy (non-hydrogen) atoms. The fourth-order valence-electron chi connectivity index (χ4n) is 3.17. The zero-order valence-corrected chi connectivity index (χ0v) is 15.1. The zero-order valence-electron chi connectivity index (χ0n) is 15.1. The maximum atomic E-state index is 13.5. The van der Waals surface area contributed by atoms with Crippen molar-refractivity contribution in [2.24, 2.45) is 22.7 Å². The molecule has 2 aliphatic rings. The van der Waals surface area contributed by atoms with Gasteiger partial charge in [0, 0.05) is 5.92 Å². The third-order valence-electron chi connectivity index (χ3n) is 4.43. The van der Waals surface area contributed by atoms with Gasteiger partial charge in [-0.2, -0.15) is 26.3 Å². The summed E-state index contributed by atoms with van der Waals surface area (Å²) in [5.74, 6) is -6.83. The molecule has 0 radical (unpaired) electrons. The lowest BCUT2D eigenvalue weighted by Crippen LogP contribution is -2.46. The number of halogens is 6. The summed E-state index contributed by atoms with van der Waals surface area (Å²) in [6, 6.07) is 0. The lowest BCUT2D eigenvalue weighted by Gasteiger charge is -2.33. The minimum absolute atomic E-state index is 0.187. The van der Waals surface area contributed by atoms with Crippen LogP contribution < -0.4 is 0 Å². The van der Waals surface area contributed by atoms with Gasteiger partial charge < -0.3 is 9.47 Å². The number of aliphatic imine (C=N–C) groups is 1. The molecule has 158 valence electrons. The van der Waals surface area contributed by atoms with E-state index in [9.17, 15) is 35.9 Å². The molecule has 2 rings (SSSR count). The third kappa shape index (κ3) is 4.85. The Morgan fingerprint density at radius 2 is 1.57 bits per heavy atom. The highest BCUT2D eigenvalue weighted by molar-refractivity contribution is 6.09. The van der Waals surface area contributed by atoms with Crippen LogP contribution in [-0.4, -0.2) is 43.2 Å². The van der Waals surface area contributed by atoms with Gasteiger partial charge in [-0.1, -0.05) is 12.8 Å². The monoisotopic (exact) mass is 415 g/mol. The summed E-state index contributed by atoms with van der Waals surface area (Å²) >= 11 is 0. The van der Waals surface area contributed by atoms with Gasteiger partial charge in [0.15, 0.2) is 5.70 Å².